The van der Waals surface area contributed by atoms with E-state index in [1.807, 2.05) is 13.8 Å². The first-order valence-corrected chi connectivity index (χ1v) is 5.09. The van der Waals surface area contributed by atoms with Gasteiger partial charge in [0.1, 0.15) is 5.15 Å². The van der Waals surface area contributed by atoms with Crippen LogP contribution in [0.15, 0.2) is 12.1 Å². The maximum absolute atomic E-state index is 11.5. The number of hydrogen-bond donors (Lipinski definition) is 2. The summed E-state index contributed by atoms with van der Waals surface area (Å²) in [5, 5.41) is 6.38. The average Bonchev–Trinajstić information content (AvgIpc) is 2.17. The minimum absolute atomic E-state index is 0.0182. The third-order valence-electron chi connectivity index (χ3n) is 2.19. The highest BCUT2D eigenvalue weighted by Crippen LogP contribution is 2.29. The molecule has 1 aromatic heterocycles. The van der Waals surface area contributed by atoms with E-state index in [-0.39, 0.29) is 11.4 Å². The Balaban J connectivity index is 2.45. The SMILES string of the molecule is CC1(C)CC(=O)Nc2ccc(Cl)nc2N1. The van der Waals surface area contributed by atoms with Crippen LogP contribution in [0.2, 0.25) is 5.15 Å². The number of carbonyl (C=O) groups is 1. The minimum Gasteiger partial charge on any atom is -0.363 e. The van der Waals surface area contributed by atoms with E-state index in [0.29, 0.717) is 23.1 Å². The summed E-state index contributed by atoms with van der Waals surface area (Å²) in [6.07, 6.45) is 0.404. The summed E-state index contributed by atoms with van der Waals surface area (Å²) in [5.41, 5.74) is 0.363. The van der Waals surface area contributed by atoms with Gasteiger partial charge in [-0.15, -0.1) is 0 Å². The molecule has 0 aliphatic carbocycles. The van der Waals surface area contributed by atoms with Gasteiger partial charge >= 0.3 is 0 Å². The van der Waals surface area contributed by atoms with Crippen LogP contribution in [-0.2, 0) is 4.79 Å². The molecule has 1 aromatic rings. The Morgan fingerprint density at radius 3 is 2.93 bits per heavy atom. The van der Waals surface area contributed by atoms with Gasteiger partial charge in [0, 0.05) is 12.0 Å². The van der Waals surface area contributed by atoms with Crippen LogP contribution in [-0.4, -0.2) is 16.4 Å². The van der Waals surface area contributed by atoms with Gasteiger partial charge < -0.3 is 10.6 Å². The molecule has 0 fully saturated rings. The molecule has 4 nitrogen and oxygen atoms in total. The number of aromatic nitrogens is 1. The summed E-state index contributed by atoms with van der Waals surface area (Å²) in [5.74, 6) is 0.605. The van der Waals surface area contributed by atoms with E-state index in [1.165, 1.54) is 0 Å². The van der Waals surface area contributed by atoms with Gasteiger partial charge in [0.05, 0.1) is 5.69 Å². The predicted molar refractivity (Wildman–Crippen MR) is 60.2 cm³/mol. The van der Waals surface area contributed by atoms with Crippen molar-refractivity contribution in [2.24, 2.45) is 0 Å². The van der Waals surface area contributed by atoms with Crippen molar-refractivity contribution in [2.75, 3.05) is 10.6 Å². The Bertz CT molecular complexity index is 417. The van der Waals surface area contributed by atoms with E-state index in [0.717, 1.165) is 0 Å². The van der Waals surface area contributed by atoms with Gasteiger partial charge in [-0.05, 0) is 26.0 Å². The van der Waals surface area contributed by atoms with Crippen molar-refractivity contribution in [3.63, 3.8) is 0 Å². The Morgan fingerprint density at radius 1 is 1.47 bits per heavy atom. The van der Waals surface area contributed by atoms with Crippen molar-refractivity contribution in [1.82, 2.24) is 4.98 Å². The van der Waals surface area contributed by atoms with Crippen LogP contribution in [0.25, 0.3) is 0 Å². The predicted octanol–water partition coefficient (Wildman–Crippen LogP) is 2.27. The van der Waals surface area contributed by atoms with Gasteiger partial charge in [-0.25, -0.2) is 4.98 Å². The molecule has 0 spiro atoms. The maximum atomic E-state index is 11.5. The van der Waals surface area contributed by atoms with Gasteiger partial charge in [-0.3, -0.25) is 4.79 Å². The molecule has 2 heterocycles. The maximum Gasteiger partial charge on any atom is 0.226 e. The lowest BCUT2D eigenvalue weighted by Gasteiger charge is -2.23. The number of rotatable bonds is 0. The highest BCUT2D eigenvalue weighted by molar-refractivity contribution is 6.29. The van der Waals surface area contributed by atoms with Gasteiger partial charge in [-0.2, -0.15) is 0 Å². The van der Waals surface area contributed by atoms with Gasteiger partial charge in [0.25, 0.3) is 0 Å². The van der Waals surface area contributed by atoms with Crippen LogP contribution in [0.3, 0.4) is 0 Å². The van der Waals surface area contributed by atoms with Crippen molar-refractivity contribution in [2.45, 2.75) is 25.8 Å². The molecular formula is C10H12ClN3O. The highest BCUT2D eigenvalue weighted by Gasteiger charge is 2.27. The number of pyridine rings is 1. The van der Waals surface area contributed by atoms with Gasteiger partial charge in [-0.1, -0.05) is 11.6 Å². The van der Waals surface area contributed by atoms with Gasteiger partial charge in [0.15, 0.2) is 5.82 Å². The Kier molecular flexibility index (Phi) is 2.31. The van der Waals surface area contributed by atoms with Crippen LogP contribution in [0.5, 0.6) is 0 Å². The summed E-state index contributed by atoms with van der Waals surface area (Å²) in [4.78, 5) is 15.7. The lowest BCUT2D eigenvalue weighted by molar-refractivity contribution is -0.116. The molecule has 80 valence electrons. The number of fused-ring (bicyclic) bond motifs is 1. The first kappa shape index (κ1) is 10.2. The second kappa shape index (κ2) is 3.38. The van der Waals surface area contributed by atoms with Crippen LogP contribution >= 0.6 is 11.6 Å². The second-order valence-electron chi connectivity index (χ2n) is 4.26. The molecule has 15 heavy (non-hydrogen) atoms. The molecule has 2 N–H and O–H groups in total. The minimum atomic E-state index is -0.312. The fourth-order valence-electron chi connectivity index (χ4n) is 1.59. The standard InChI is InChI=1S/C10H12ClN3O/c1-10(2)5-8(15)12-6-3-4-7(11)13-9(6)14-10/h3-4H,5H2,1-2H3,(H,12,15)(H,13,14). The summed E-state index contributed by atoms with van der Waals surface area (Å²) in [7, 11) is 0. The number of halogens is 1. The molecule has 1 aliphatic rings. The van der Waals surface area contributed by atoms with Crippen molar-refractivity contribution >= 4 is 29.0 Å². The summed E-state index contributed by atoms with van der Waals surface area (Å²) < 4.78 is 0. The van der Waals surface area contributed by atoms with Gasteiger partial charge in [0.2, 0.25) is 5.91 Å². The average molecular weight is 226 g/mol. The van der Waals surface area contributed by atoms with Crippen molar-refractivity contribution in [1.29, 1.82) is 0 Å². The highest BCUT2D eigenvalue weighted by atomic mass is 35.5. The molecule has 0 atom stereocenters. The molecule has 0 unspecified atom stereocenters. The molecular weight excluding hydrogens is 214 g/mol. The zero-order valence-corrected chi connectivity index (χ0v) is 9.35. The van der Waals surface area contributed by atoms with Crippen LogP contribution in [0.1, 0.15) is 20.3 Å². The van der Waals surface area contributed by atoms with E-state index in [2.05, 4.69) is 15.6 Å². The first-order valence-electron chi connectivity index (χ1n) is 4.71. The summed E-state index contributed by atoms with van der Waals surface area (Å²) in [6.45, 7) is 3.90. The van der Waals surface area contributed by atoms with Crippen LogP contribution < -0.4 is 10.6 Å². The summed E-state index contributed by atoms with van der Waals surface area (Å²) in [6, 6.07) is 3.40. The Labute approximate surface area is 93.0 Å². The number of amides is 1. The smallest absolute Gasteiger partial charge is 0.226 e. The fourth-order valence-corrected chi connectivity index (χ4v) is 1.74. The molecule has 1 aliphatic heterocycles. The molecule has 1 amide bonds. The molecule has 0 aromatic carbocycles. The summed E-state index contributed by atoms with van der Waals surface area (Å²) >= 11 is 5.80. The van der Waals surface area contributed by atoms with E-state index in [1.54, 1.807) is 12.1 Å². The lowest BCUT2D eigenvalue weighted by Crippen LogP contribution is -2.33. The third-order valence-corrected chi connectivity index (χ3v) is 2.41. The van der Waals surface area contributed by atoms with Crippen LogP contribution in [0, 0.1) is 0 Å². The normalized spacial score (nSPS) is 18.5. The topological polar surface area (TPSA) is 54.0 Å². The van der Waals surface area contributed by atoms with E-state index >= 15 is 0 Å². The Hall–Kier alpha value is -1.29. The number of nitrogens with zero attached hydrogens (tertiary/aromatic N) is 1. The van der Waals surface area contributed by atoms with Crippen LogP contribution in [0.4, 0.5) is 11.5 Å². The number of carbonyl (C=O) groups excluding carboxylic acids is 1. The van der Waals surface area contributed by atoms with Crippen molar-refractivity contribution < 1.29 is 4.79 Å². The number of anilines is 2. The first-order chi connectivity index (χ1) is 6.96. The zero-order valence-electron chi connectivity index (χ0n) is 8.60. The molecule has 0 bridgehead atoms. The molecule has 0 saturated carbocycles. The van der Waals surface area contributed by atoms with E-state index in [9.17, 15) is 4.79 Å². The van der Waals surface area contributed by atoms with E-state index in [4.69, 9.17) is 11.6 Å². The molecule has 0 saturated heterocycles. The zero-order chi connectivity index (χ0) is 11.1. The Morgan fingerprint density at radius 2 is 2.20 bits per heavy atom. The third kappa shape index (κ3) is 2.21. The quantitative estimate of drug-likeness (QED) is 0.666. The molecule has 0 radical (unpaired) electrons. The lowest BCUT2D eigenvalue weighted by atomic mass is 10.0. The largest absolute Gasteiger partial charge is 0.363 e. The molecule has 2 rings (SSSR count). The van der Waals surface area contributed by atoms with E-state index < -0.39 is 0 Å². The fraction of sp³-hybridized carbons (Fsp3) is 0.400. The van der Waals surface area contributed by atoms with Crippen molar-refractivity contribution in [3.8, 4) is 0 Å². The number of nitrogens with one attached hydrogen (secondary N) is 2. The number of hydrogen-bond acceptors (Lipinski definition) is 3. The second-order valence-corrected chi connectivity index (χ2v) is 4.65. The molecule has 5 heteroatoms. The monoisotopic (exact) mass is 225 g/mol. The van der Waals surface area contributed by atoms with Crippen molar-refractivity contribution in [3.05, 3.63) is 17.3 Å².